The number of ether oxygens (including phenoxy) is 1. The fourth-order valence-electron chi connectivity index (χ4n) is 4.03. The van der Waals surface area contributed by atoms with Gasteiger partial charge < -0.3 is 15.4 Å². The van der Waals surface area contributed by atoms with Crippen LogP contribution in [-0.2, 0) is 4.74 Å². The first-order valence-corrected chi connectivity index (χ1v) is 9.43. The number of rotatable bonds is 3. The quantitative estimate of drug-likeness (QED) is 0.757. The van der Waals surface area contributed by atoms with Gasteiger partial charge in [0.1, 0.15) is 5.60 Å². The molecule has 0 heterocycles. The Morgan fingerprint density at radius 3 is 2.22 bits per heavy atom. The van der Waals surface area contributed by atoms with Crippen molar-refractivity contribution in [3.63, 3.8) is 0 Å². The third kappa shape index (κ3) is 5.66. The molecule has 0 saturated heterocycles. The van der Waals surface area contributed by atoms with Gasteiger partial charge in [0.05, 0.1) is 0 Å². The zero-order valence-corrected chi connectivity index (χ0v) is 15.7. The molecule has 2 aliphatic rings. The molecule has 0 bridgehead atoms. The second kappa shape index (κ2) is 7.42. The number of carbonyl (C=O) groups excluding carboxylic acids is 1. The summed E-state index contributed by atoms with van der Waals surface area (Å²) in [4.78, 5) is 12.2. The van der Waals surface area contributed by atoms with Crippen molar-refractivity contribution in [2.75, 3.05) is 0 Å². The summed E-state index contributed by atoms with van der Waals surface area (Å²) in [6.45, 7) is 10.5. The maximum absolute atomic E-state index is 12.2. The lowest BCUT2D eigenvalue weighted by molar-refractivity contribution is 0.0485. The summed E-state index contributed by atoms with van der Waals surface area (Å²) in [5.41, 5.74) is -0.0754. The van der Waals surface area contributed by atoms with Crippen LogP contribution < -0.4 is 10.6 Å². The molecule has 23 heavy (non-hydrogen) atoms. The lowest BCUT2D eigenvalue weighted by Crippen LogP contribution is -2.54. The van der Waals surface area contributed by atoms with Gasteiger partial charge in [-0.15, -0.1) is 0 Å². The molecule has 4 nitrogen and oxygen atoms in total. The average Bonchev–Trinajstić information content (AvgIpc) is 2.59. The highest BCUT2D eigenvalue weighted by atomic mass is 16.6. The average molecular weight is 325 g/mol. The van der Waals surface area contributed by atoms with Gasteiger partial charge in [0.15, 0.2) is 0 Å². The molecule has 0 aromatic rings. The van der Waals surface area contributed by atoms with Crippen LogP contribution in [0.25, 0.3) is 0 Å². The van der Waals surface area contributed by atoms with Crippen LogP contribution in [0.5, 0.6) is 0 Å². The van der Waals surface area contributed by atoms with E-state index in [1.54, 1.807) is 0 Å². The lowest BCUT2D eigenvalue weighted by atomic mass is 9.86. The van der Waals surface area contributed by atoms with E-state index in [1.165, 1.54) is 38.5 Å². The zero-order valence-electron chi connectivity index (χ0n) is 15.7. The van der Waals surface area contributed by atoms with Gasteiger partial charge in [0.2, 0.25) is 0 Å². The summed E-state index contributed by atoms with van der Waals surface area (Å²) in [5, 5.41) is 7.04. The summed E-state index contributed by atoms with van der Waals surface area (Å²) < 4.78 is 5.46. The number of hydrogen-bond acceptors (Lipinski definition) is 3. The van der Waals surface area contributed by atoms with E-state index in [0.717, 1.165) is 12.8 Å². The molecule has 134 valence electrons. The van der Waals surface area contributed by atoms with Crippen molar-refractivity contribution < 1.29 is 9.53 Å². The fraction of sp³-hybridized carbons (Fsp3) is 0.947. The second-order valence-electron chi connectivity index (χ2n) is 9.10. The lowest BCUT2D eigenvalue weighted by Gasteiger charge is -2.35. The van der Waals surface area contributed by atoms with E-state index in [-0.39, 0.29) is 12.1 Å². The third-order valence-electron chi connectivity index (χ3n) is 5.39. The number of amides is 1. The van der Waals surface area contributed by atoms with Crippen molar-refractivity contribution in [2.45, 2.75) is 110 Å². The molecule has 0 aromatic carbocycles. The number of nitrogens with one attached hydrogen (secondary N) is 2. The van der Waals surface area contributed by atoms with Crippen molar-refractivity contribution in [2.24, 2.45) is 5.41 Å². The van der Waals surface area contributed by atoms with Crippen LogP contribution in [0.15, 0.2) is 0 Å². The monoisotopic (exact) mass is 324 g/mol. The minimum atomic E-state index is -0.439. The van der Waals surface area contributed by atoms with Crippen LogP contribution in [0.4, 0.5) is 4.79 Å². The maximum Gasteiger partial charge on any atom is 0.407 e. The van der Waals surface area contributed by atoms with Crippen LogP contribution in [-0.4, -0.2) is 29.8 Å². The highest BCUT2D eigenvalue weighted by Gasteiger charge is 2.37. The van der Waals surface area contributed by atoms with E-state index in [9.17, 15) is 4.79 Å². The highest BCUT2D eigenvalue weighted by Crippen LogP contribution is 2.38. The first kappa shape index (κ1) is 18.6. The third-order valence-corrected chi connectivity index (χ3v) is 5.39. The van der Waals surface area contributed by atoms with Crippen molar-refractivity contribution in [1.82, 2.24) is 10.6 Å². The summed E-state index contributed by atoms with van der Waals surface area (Å²) in [5.74, 6) is 0. The molecule has 2 saturated carbocycles. The molecule has 0 aliphatic heterocycles. The Morgan fingerprint density at radius 2 is 1.65 bits per heavy atom. The standard InChI is InChI=1S/C19H36N2O2/c1-18(2,3)23-17(22)21-15-11-8-6-7-10-14(15)20-16-12-9-13-19(16,4)5/h14-16,20H,6-13H2,1-5H3,(H,21,22). The van der Waals surface area contributed by atoms with Gasteiger partial charge in [0, 0.05) is 18.1 Å². The van der Waals surface area contributed by atoms with Gasteiger partial charge in [-0.25, -0.2) is 4.79 Å². The molecule has 4 heteroatoms. The van der Waals surface area contributed by atoms with Gasteiger partial charge in [-0.1, -0.05) is 39.5 Å². The van der Waals surface area contributed by atoms with E-state index in [1.807, 2.05) is 20.8 Å². The molecule has 2 N–H and O–H groups in total. The largest absolute Gasteiger partial charge is 0.444 e. The fourth-order valence-corrected chi connectivity index (χ4v) is 4.03. The molecule has 3 atom stereocenters. The van der Waals surface area contributed by atoms with Gasteiger partial charge >= 0.3 is 6.09 Å². The minimum absolute atomic E-state index is 0.184. The molecule has 3 unspecified atom stereocenters. The van der Waals surface area contributed by atoms with Crippen LogP contribution in [0.2, 0.25) is 0 Å². The molecule has 0 aromatic heterocycles. The summed E-state index contributed by atoms with van der Waals surface area (Å²) in [6, 6.07) is 1.12. The summed E-state index contributed by atoms with van der Waals surface area (Å²) >= 11 is 0. The van der Waals surface area contributed by atoms with E-state index in [2.05, 4.69) is 24.5 Å². The summed E-state index contributed by atoms with van der Waals surface area (Å²) in [7, 11) is 0. The van der Waals surface area contributed by atoms with Crippen LogP contribution in [0.1, 0.15) is 86.0 Å². The van der Waals surface area contributed by atoms with Gasteiger partial charge in [0.25, 0.3) is 0 Å². The van der Waals surface area contributed by atoms with Crippen molar-refractivity contribution in [3.05, 3.63) is 0 Å². The number of hydrogen-bond donors (Lipinski definition) is 2. The van der Waals surface area contributed by atoms with Gasteiger partial charge in [-0.3, -0.25) is 0 Å². The first-order valence-electron chi connectivity index (χ1n) is 9.43. The van der Waals surface area contributed by atoms with E-state index >= 15 is 0 Å². The normalized spacial score (nSPS) is 31.4. The molecule has 0 spiro atoms. The molecule has 2 rings (SSSR count). The molecule has 1 amide bonds. The predicted octanol–water partition coefficient (Wildman–Crippen LogP) is 4.38. The molecule has 2 fully saturated rings. The van der Waals surface area contributed by atoms with E-state index in [0.29, 0.717) is 17.5 Å². The SMILES string of the molecule is CC(C)(C)OC(=O)NC1CCCCCC1NC1CCCC1(C)C. The minimum Gasteiger partial charge on any atom is -0.444 e. The van der Waals surface area contributed by atoms with Crippen LogP contribution in [0.3, 0.4) is 0 Å². The molecule has 2 aliphatic carbocycles. The number of alkyl carbamates (subject to hydrolysis) is 1. The van der Waals surface area contributed by atoms with Crippen molar-refractivity contribution in [3.8, 4) is 0 Å². The van der Waals surface area contributed by atoms with Crippen LogP contribution >= 0.6 is 0 Å². The topological polar surface area (TPSA) is 50.4 Å². The van der Waals surface area contributed by atoms with Crippen molar-refractivity contribution >= 4 is 6.09 Å². The number of carbonyl (C=O) groups is 1. The van der Waals surface area contributed by atoms with Crippen LogP contribution in [0, 0.1) is 5.41 Å². The Morgan fingerprint density at radius 1 is 1.00 bits per heavy atom. The molecule has 0 radical (unpaired) electrons. The van der Waals surface area contributed by atoms with Gasteiger partial charge in [-0.2, -0.15) is 0 Å². The smallest absolute Gasteiger partial charge is 0.407 e. The van der Waals surface area contributed by atoms with Gasteiger partial charge in [-0.05, 0) is 51.9 Å². The zero-order chi connectivity index (χ0) is 17.1. The Hall–Kier alpha value is -0.770. The maximum atomic E-state index is 12.2. The van der Waals surface area contributed by atoms with Crippen molar-refractivity contribution in [1.29, 1.82) is 0 Å². The first-order chi connectivity index (χ1) is 10.7. The Balaban J connectivity index is 1.98. The second-order valence-corrected chi connectivity index (χ2v) is 9.10. The Bertz CT molecular complexity index is 401. The molecular formula is C19H36N2O2. The Labute approximate surface area is 142 Å². The highest BCUT2D eigenvalue weighted by molar-refractivity contribution is 5.68. The summed E-state index contributed by atoms with van der Waals surface area (Å²) in [6.07, 6.45) is 9.47. The predicted molar refractivity (Wildman–Crippen MR) is 94.6 cm³/mol. The van der Waals surface area contributed by atoms with E-state index < -0.39 is 5.60 Å². The van der Waals surface area contributed by atoms with E-state index in [4.69, 9.17) is 4.74 Å². The Kier molecular flexibility index (Phi) is 5.99. The molecular weight excluding hydrogens is 288 g/mol.